The zero-order valence-corrected chi connectivity index (χ0v) is 12.4. The van der Waals surface area contributed by atoms with Gasteiger partial charge < -0.3 is 0 Å². The van der Waals surface area contributed by atoms with Gasteiger partial charge in [0.05, 0.1) is 0 Å². The fraction of sp³-hybridized carbons (Fsp3) is 0.929. The fourth-order valence-electron chi connectivity index (χ4n) is 2.40. The van der Waals surface area contributed by atoms with E-state index in [0.717, 1.165) is 12.8 Å². The minimum Gasteiger partial charge on any atom is -0.299 e. The number of ketones is 1. The van der Waals surface area contributed by atoms with E-state index < -0.39 is 0 Å². The largest absolute Gasteiger partial charge is 0.299 e. The Morgan fingerprint density at radius 3 is 2.06 bits per heavy atom. The Kier molecular flexibility index (Phi) is 4.15. The van der Waals surface area contributed by atoms with Gasteiger partial charge >= 0.3 is 0 Å². The van der Waals surface area contributed by atoms with E-state index in [2.05, 4.69) is 20.8 Å². The Labute approximate surface area is 105 Å². The van der Waals surface area contributed by atoms with Crippen LogP contribution < -0.4 is 0 Å². The van der Waals surface area contributed by atoms with Crippen LogP contribution in [0.15, 0.2) is 0 Å². The molecule has 0 aromatic heterocycles. The predicted molar refractivity (Wildman–Crippen MR) is 72.9 cm³/mol. The van der Waals surface area contributed by atoms with Gasteiger partial charge in [-0.05, 0) is 19.3 Å². The molecule has 0 saturated heterocycles. The van der Waals surface area contributed by atoms with Crippen molar-refractivity contribution >= 4 is 17.5 Å². The molecule has 0 heterocycles. The second kappa shape index (κ2) is 4.72. The van der Waals surface area contributed by atoms with E-state index in [1.165, 1.54) is 6.42 Å². The Morgan fingerprint density at radius 1 is 1.06 bits per heavy atom. The first-order valence-electron chi connectivity index (χ1n) is 6.32. The number of rotatable bonds is 2. The lowest BCUT2D eigenvalue weighted by Crippen LogP contribution is -2.27. The van der Waals surface area contributed by atoms with Crippen LogP contribution >= 0.6 is 11.8 Å². The summed E-state index contributed by atoms with van der Waals surface area (Å²) in [5.41, 5.74) is -0.161. The molecule has 1 rings (SSSR count). The van der Waals surface area contributed by atoms with E-state index in [4.69, 9.17) is 0 Å². The maximum atomic E-state index is 12.2. The van der Waals surface area contributed by atoms with E-state index in [9.17, 15) is 4.79 Å². The highest BCUT2D eigenvalue weighted by molar-refractivity contribution is 8.01. The second-order valence-corrected chi connectivity index (χ2v) is 9.10. The molecule has 1 saturated carbocycles. The maximum Gasteiger partial charge on any atom is 0.141 e. The van der Waals surface area contributed by atoms with E-state index in [0.29, 0.717) is 21.7 Å². The number of carbonyl (C=O) groups excluding carboxylic acids is 1. The standard InChI is InChI=1S/C14H26OS/c1-13(2,3)12(15)10-7-8-11(9-10)16-14(4,5)6/h10-11H,7-9H2,1-6H3. The molecule has 1 aliphatic carbocycles. The summed E-state index contributed by atoms with van der Waals surface area (Å²) in [7, 11) is 0. The highest BCUT2D eigenvalue weighted by Crippen LogP contribution is 2.42. The molecule has 0 amide bonds. The molecular formula is C14H26OS. The van der Waals surface area contributed by atoms with Gasteiger partial charge in [0.25, 0.3) is 0 Å². The quantitative estimate of drug-likeness (QED) is 0.718. The Balaban J connectivity index is 2.50. The van der Waals surface area contributed by atoms with E-state index in [1.807, 2.05) is 32.5 Å². The summed E-state index contributed by atoms with van der Waals surface area (Å²) in [6, 6.07) is 0. The van der Waals surface area contributed by atoms with Crippen molar-refractivity contribution in [2.75, 3.05) is 0 Å². The van der Waals surface area contributed by atoms with Crippen LogP contribution in [-0.4, -0.2) is 15.8 Å². The normalized spacial score (nSPS) is 27.1. The van der Waals surface area contributed by atoms with Crippen molar-refractivity contribution in [2.24, 2.45) is 11.3 Å². The Bertz CT molecular complexity index is 257. The first-order chi connectivity index (χ1) is 7.09. The SMILES string of the molecule is CC(C)(C)SC1CCC(C(=O)C(C)(C)C)C1. The number of Topliss-reactive ketones (excluding diaryl/α,β-unsaturated/α-hetero) is 1. The number of thioether (sulfide) groups is 1. The smallest absolute Gasteiger partial charge is 0.141 e. The minimum atomic E-state index is -0.161. The molecule has 0 N–H and O–H groups in total. The molecular weight excluding hydrogens is 216 g/mol. The Morgan fingerprint density at radius 2 is 1.62 bits per heavy atom. The van der Waals surface area contributed by atoms with Gasteiger partial charge in [0.2, 0.25) is 0 Å². The van der Waals surface area contributed by atoms with Crippen molar-refractivity contribution in [3.8, 4) is 0 Å². The molecule has 0 bridgehead atoms. The van der Waals surface area contributed by atoms with Gasteiger partial charge in [-0.25, -0.2) is 0 Å². The molecule has 1 fully saturated rings. The van der Waals surface area contributed by atoms with Crippen molar-refractivity contribution < 1.29 is 4.79 Å². The lowest BCUT2D eigenvalue weighted by atomic mass is 9.82. The van der Waals surface area contributed by atoms with Gasteiger partial charge in [-0.15, -0.1) is 0 Å². The molecule has 0 spiro atoms. The van der Waals surface area contributed by atoms with E-state index in [-0.39, 0.29) is 5.41 Å². The van der Waals surface area contributed by atoms with Crippen molar-refractivity contribution in [1.29, 1.82) is 0 Å². The summed E-state index contributed by atoms with van der Waals surface area (Å²) in [6.45, 7) is 12.9. The summed E-state index contributed by atoms with van der Waals surface area (Å²) < 4.78 is 0.324. The highest BCUT2D eigenvalue weighted by atomic mass is 32.2. The third-order valence-electron chi connectivity index (χ3n) is 3.01. The first kappa shape index (κ1) is 14.1. The molecule has 1 aliphatic rings. The van der Waals surface area contributed by atoms with Gasteiger partial charge in [0.1, 0.15) is 5.78 Å². The average Bonchev–Trinajstić information content (AvgIpc) is 2.46. The molecule has 0 radical (unpaired) electrons. The molecule has 16 heavy (non-hydrogen) atoms. The summed E-state index contributed by atoms with van der Waals surface area (Å²) in [5.74, 6) is 0.782. The summed E-state index contributed by atoms with van der Waals surface area (Å²) in [4.78, 5) is 12.2. The van der Waals surface area contributed by atoms with Crippen molar-refractivity contribution in [3.63, 3.8) is 0 Å². The minimum absolute atomic E-state index is 0.161. The third kappa shape index (κ3) is 4.12. The van der Waals surface area contributed by atoms with E-state index in [1.54, 1.807) is 0 Å². The van der Waals surface area contributed by atoms with Crippen molar-refractivity contribution in [2.45, 2.75) is 70.8 Å². The fourth-order valence-corrected chi connectivity index (χ4v) is 3.98. The summed E-state index contributed by atoms with van der Waals surface area (Å²) in [6.07, 6.45) is 3.41. The first-order valence-corrected chi connectivity index (χ1v) is 7.20. The lowest BCUT2D eigenvalue weighted by molar-refractivity contribution is -0.130. The number of carbonyl (C=O) groups is 1. The topological polar surface area (TPSA) is 17.1 Å². The number of hydrogen-bond acceptors (Lipinski definition) is 2. The highest BCUT2D eigenvalue weighted by Gasteiger charge is 2.36. The summed E-state index contributed by atoms with van der Waals surface area (Å²) >= 11 is 2.04. The average molecular weight is 242 g/mol. The van der Waals surface area contributed by atoms with Crippen molar-refractivity contribution in [1.82, 2.24) is 0 Å². The van der Waals surface area contributed by atoms with Gasteiger partial charge in [0, 0.05) is 21.3 Å². The Hall–Kier alpha value is 0.0200. The number of hydrogen-bond donors (Lipinski definition) is 0. The van der Waals surface area contributed by atoms with Crippen LogP contribution in [0.4, 0.5) is 0 Å². The summed E-state index contributed by atoms with van der Waals surface area (Å²) in [5, 5.41) is 0.691. The van der Waals surface area contributed by atoms with Crippen LogP contribution in [0.3, 0.4) is 0 Å². The molecule has 0 aliphatic heterocycles. The molecule has 2 unspecified atom stereocenters. The zero-order valence-electron chi connectivity index (χ0n) is 11.6. The molecule has 0 aromatic rings. The van der Waals surface area contributed by atoms with Crippen LogP contribution in [-0.2, 0) is 4.79 Å². The molecule has 94 valence electrons. The molecule has 0 aromatic carbocycles. The van der Waals surface area contributed by atoms with Crippen LogP contribution in [0.1, 0.15) is 60.8 Å². The molecule has 1 nitrogen and oxygen atoms in total. The second-order valence-electron chi connectivity index (χ2n) is 6.98. The van der Waals surface area contributed by atoms with Crippen LogP contribution in [0.2, 0.25) is 0 Å². The molecule has 2 heteroatoms. The molecule has 2 atom stereocenters. The zero-order chi connectivity index (χ0) is 12.6. The van der Waals surface area contributed by atoms with Crippen LogP contribution in [0.5, 0.6) is 0 Å². The van der Waals surface area contributed by atoms with Crippen LogP contribution in [0, 0.1) is 11.3 Å². The lowest BCUT2D eigenvalue weighted by Gasteiger charge is -2.24. The monoisotopic (exact) mass is 242 g/mol. The van der Waals surface area contributed by atoms with Gasteiger partial charge in [-0.2, -0.15) is 11.8 Å². The predicted octanol–water partition coefficient (Wildman–Crippen LogP) is 4.30. The van der Waals surface area contributed by atoms with Gasteiger partial charge in [-0.3, -0.25) is 4.79 Å². The maximum absolute atomic E-state index is 12.2. The van der Waals surface area contributed by atoms with Gasteiger partial charge in [-0.1, -0.05) is 41.5 Å². The third-order valence-corrected chi connectivity index (χ3v) is 4.48. The van der Waals surface area contributed by atoms with E-state index >= 15 is 0 Å². The van der Waals surface area contributed by atoms with Gasteiger partial charge in [0.15, 0.2) is 0 Å². The van der Waals surface area contributed by atoms with Crippen molar-refractivity contribution in [3.05, 3.63) is 0 Å². The van der Waals surface area contributed by atoms with Crippen LogP contribution in [0.25, 0.3) is 0 Å².